The highest BCUT2D eigenvalue weighted by Crippen LogP contribution is 2.27. The van der Waals surface area contributed by atoms with Crippen LogP contribution in [0.5, 0.6) is 5.75 Å². The molecular weight excluding hydrogens is 464 g/mol. The third-order valence-electron chi connectivity index (χ3n) is 6.92. The fourth-order valence-electron chi connectivity index (χ4n) is 4.90. The van der Waals surface area contributed by atoms with Crippen molar-refractivity contribution in [1.82, 2.24) is 19.2 Å². The molecule has 2 N–H and O–H groups in total. The molecule has 0 spiro atoms. The molecule has 4 aromatic rings. The highest BCUT2D eigenvalue weighted by atomic mass is 32.2. The Hall–Kier alpha value is -3.30. The molecule has 1 amide bonds. The first-order chi connectivity index (χ1) is 16.9. The number of piperidine rings is 1. The van der Waals surface area contributed by atoms with Crippen molar-refractivity contribution in [2.45, 2.75) is 24.2 Å². The number of carbonyl (C=O) groups excluding carboxylic acids is 1. The van der Waals surface area contributed by atoms with Crippen LogP contribution in [0.4, 0.5) is 0 Å². The second-order valence-electron chi connectivity index (χ2n) is 9.12. The second kappa shape index (κ2) is 9.39. The van der Waals surface area contributed by atoms with Crippen LogP contribution in [0.3, 0.4) is 0 Å². The largest absolute Gasteiger partial charge is 0.497 e. The molecule has 0 bridgehead atoms. The second-order valence-corrected chi connectivity index (χ2v) is 11.1. The first-order valence-electron chi connectivity index (χ1n) is 11.8. The molecule has 5 rings (SSSR count). The standard InChI is InChI=1S/C26H30N4O4S/c1-29-13-10-18-14-22(6-8-25(18)29)35(32,33)30-12-3-4-20(17-30)26(31)27-11-9-19-16-28-24-7-5-21(34-2)15-23(19)24/h5-8,10,13-16,20,28H,3-4,9,11-12,17H2,1-2H3,(H,27,31)/t20-/m0/s1. The predicted molar refractivity (Wildman–Crippen MR) is 136 cm³/mol. The van der Waals surface area contributed by atoms with E-state index in [1.54, 1.807) is 19.2 Å². The van der Waals surface area contributed by atoms with Crippen molar-refractivity contribution in [2.75, 3.05) is 26.7 Å². The quantitative estimate of drug-likeness (QED) is 0.411. The van der Waals surface area contributed by atoms with Gasteiger partial charge in [-0.05, 0) is 67.3 Å². The van der Waals surface area contributed by atoms with Gasteiger partial charge in [-0.1, -0.05) is 0 Å². The van der Waals surface area contributed by atoms with Crippen LogP contribution in [0.15, 0.2) is 59.8 Å². The number of H-pyrrole nitrogens is 1. The van der Waals surface area contributed by atoms with Gasteiger partial charge in [0.25, 0.3) is 0 Å². The summed E-state index contributed by atoms with van der Waals surface area (Å²) in [5, 5.41) is 4.97. The number of rotatable bonds is 7. The number of carbonyl (C=O) groups is 1. The monoisotopic (exact) mass is 494 g/mol. The lowest BCUT2D eigenvalue weighted by atomic mass is 9.98. The fraction of sp³-hybridized carbons (Fsp3) is 0.346. The number of methoxy groups -OCH3 is 1. The number of ether oxygens (including phenoxy) is 1. The van der Waals surface area contributed by atoms with Crippen LogP contribution in [-0.4, -0.2) is 54.9 Å². The normalized spacial score (nSPS) is 17.1. The van der Waals surface area contributed by atoms with Gasteiger partial charge in [-0.25, -0.2) is 8.42 Å². The predicted octanol–water partition coefficient (Wildman–Crippen LogP) is 3.43. The number of aryl methyl sites for hydroxylation is 1. The molecule has 35 heavy (non-hydrogen) atoms. The summed E-state index contributed by atoms with van der Waals surface area (Å²) in [4.78, 5) is 16.4. The molecule has 8 nitrogen and oxygen atoms in total. The summed E-state index contributed by atoms with van der Waals surface area (Å²) in [6.07, 6.45) is 5.88. The molecule has 0 aliphatic carbocycles. The molecule has 0 radical (unpaired) electrons. The van der Waals surface area contributed by atoms with E-state index in [-0.39, 0.29) is 23.3 Å². The SMILES string of the molecule is COc1ccc2[nH]cc(CCNC(=O)[C@H]3CCCN(S(=O)(=O)c4ccc5c(ccn5C)c4)C3)c2c1. The summed E-state index contributed by atoms with van der Waals surface area (Å²) in [5.74, 6) is 0.334. The molecule has 1 atom stereocenters. The average molecular weight is 495 g/mol. The summed E-state index contributed by atoms with van der Waals surface area (Å²) in [6, 6.07) is 13.0. The number of sulfonamides is 1. The lowest BCUT2D eigenvalue weighted by Crippen LogP contribution is -2.45. The number of aromatic nitrogens is 2. The average Bonchev–Trinajstić information content (AvgIpc) is 3.46. The minimum absolute atomic E-state index is 0.0965. The van der Waals surface area contributed by atoms with Gasteiger partial charge < -0.3 is 19.6 Å². The van der Waals surface area contributed by atoms with Gasteiger partial charge in [0.15, 0.2) is 0 Å². The van der Waals surface area contributed by atoms with Gasteiger partial charge in [0.05, 0.1) is 17.9 Å². The maximum absolute atomic E-state index is 13.3. The van der Waals surface area contributed by atoms with Crippen molar-refractivity contribution in [1.29, 1.82) is 0 Å². The first kappa shape index (κ1) is 23.4. The number of amides is 1. The van der Waals surface area contributed by atoms with Gasteiger partial charge in [0, 0.05) is 60.9 Å². The number of benzene rings is 2. The molecule has 2 aromatic heterocycles. The van der Waals surface area contributed by atoms with Crippen LogP contribution >= 0.6 is 0 Å². The molecule has 0 unspecified atom stereocenters. The van der Waals surface area contributed by atoms with E-state index in [1.165, 1.54) is 4.31 Å². The number of aromatic amines is 1. The van der Waals surface area contributed by atoms with Crippen molar-refractivity contribution < 1.29 is 17.9 Å². The van der Waals surface area contributed by atoms with E-state index in [4.69, 9.17) is 4.74 Å². The molecule has 1 fully saturated rings. The van der Waals surface area contributed by atoms with Gasteiger partial charge in [-0.15, -0.1) is 0 Å². The summed E-state index contributed by atoms with van der Waals surface area (Å²) >= 11 is 0. The van der Waals surface area contributed by atoms with E-state index >= 15 is 0 Å². The lowest BCUT2D eigenvalue weighted by molar-refractivity contribution is -0.126. The van der Waals surface area contributed by atoms with Crippen molar-refractivity contribution in [3.63, 3.8) is 0 Å². The van der Waals surface area contributed by atoms with Gasteiger partial charge in [-0.2, -0.15) is 4.31 Å². The topological polar surface area (TPSA) is 96.4 Å². The Morgan fingerprint density at radius 1 is 1.20 bits per heavy atom. The summed E-state index contributed by atoms with van der Waals surface area (Å²) in [6.45, 7) is 1.11. The molecule has 0 saturated carbocycles. The van der Waals surface area contributed by atoms with Crippen LogP contribution in [0, 0.1) is 5.92 Å². The molecule has 2 aromatic carbocycles. The Balaban J connectivity index is 1.22. The third kappa shape index (κ3) is 4.53. The number of hydrogen-bond donors (Lipinski definition) is 2. The van der Waals surface area contributed by atoms with Gasteiger partial charge in [0.1, 0.15) is 5.75 Å². The number of hydrogen-bond acceptors (Lipinski definition) is 4. The number of nitrogens with one attached hydrogen (secondary N) is 2. The Bertz CT molecular complexity index is 1490. The lowest BCUT2D eigenvalue weighted by Gasteiger charge is -2.31. The molecule has 1 aliphatic rings. The van der Waals surface area contributed by atoms with E-state index in [2.05, 4.69) is 10.3 Å². The summed E-state index contributed by atoms with van der Waals surface area (Å²) in [5.41, 5.74) is 3.10. The maximum atomic E-state index is 13.3. The molecule has 9 heteroatoms. The van der Waals surface area contributed by atoms with E-state index in [0.717, 1.165) is 33.1 Å². The fourth-order valence-corrected chi connectivity index (χ4v) is 6.46. The zero-order chi connectivity index (χ0) is 24.6. The van der Waals surface area contributed by atoms with E-state index in [9.17, 15) is 13.2 Å². The minimum Gasteiger partial charge on any atom is -0.497 e. The summed E-state index contributed by atoms with van der Waals surface area (Å²) in [7, 11) is -0.0990. The highest BCUT2D eigenvalue weighted by molar-refractivity contribution is 7.89. The van der Waals surface area contributed by atoms with Crippen LogP contribution in [-0.2, 0) is 28.3 Å². The van der Waals surface area contributed by atoms with Crippen molar-refractivity contribution in [3.05, 3.63) is 60.4 Å². The first-order valence-corrected chi connectivity index (χ1v) is 13.3. The Morgan fingerprint density at radius 2 is 2.06 bits per heavy atom. The van der Waals surface area contributed by atoms with Crippen LogP contribution in [0.2, 0.25) is 0 Å². The highest BCUT2D eigenvalue weighted by Gasteiger charge is 2.33. The van der Waals surface area contributed by atoms with Crippen LogP contribution < -0.4 is 10.1 Å². The smallest absolute Gasteiger partial charge is 0.243 e. The van der Waals surface area contributed by atoms with Crippen LogP contribution in [0.25, 0.3) is 21.8 Å². The Labute approximate surface area is 204 Å². The molecule has 1 saturated heterocycles. The van der Waals surface area contributed by atoms with Gasteiger partial charge in [0.2, 0.25) is 15.9 Å². The molecule has 1 aliphatic heterocycles. The van der Waals surface area contributed by atoms with E-state index < -0.39 is 10.0 Å². The maximum Gasteiger partial charge on any atom is 0.243 e. The van der Waals surface area contributed by atoms with Crippen molar-refractivity contribution in [2.24, 2.45) is 13.0 Å². The van der Waals surface area contributed by atoms with Gasteiger partial charge in [-0.3, -0.25) is 4.79 Å². The molecule has 184 valence electrons. The van der Waals surface area contributed by atoms with E-state index in [0.29, 0.717) is 32.4 Å². The van der Waals surface area contributed by atoms with Crippen molar-refractivity contribution >= 4 is 37.7 Å². The Kier molecular flexibility index (Phi) is 6.29. The summed E-state index contributed by atoms with van der Waals surface area (Å²) < 4.78 is 35.4. The molecule has 3 heterocycles. The number of nitrogens with zero attached hydrogens (tertiary/aromatic N) is 2. The van der Waals surface area contributed by atoms with Gasteiger partial charge >= 0.3 is 0 Å². The van der Waals surface area contributed by atoms with Crippen molar-refractivity contribution in [3.8, 4) is 5.75 Å². The van der Waals surface area contributed by atoms with Crippen LogP contribution in [0.1, 0.15) is 18.4 Å². The zero-order valence-electron chi connectivity index (χ0n) is 20.0. The van der Waals surface area contributed by atoms with E-state index in [1.807, 2.05) is 54.3 Å². The zero-order valence-corrected chi connectivity index (χ0v) is 20.8. The third-order valence-corrected chi connectivity index (χ3v) is 8.78. The minimum atomic E-state index is -3.67. The number of fused-ring (bicyclic) bond motifs is 2. The Morgan fingerprint density at radius 3 is 2.89 bits per heavy atom. The molecular formula is C26H30N4O4S.